The lowest BCUT2D eigenvalue weighted by Crippen LogP contribution is -2.31. The van der Waals surface area contributed by atoms with Crippen LogP contribution >= 0.6 is 0 Å². The molecule has 0 radical (unpaired) electrons. The molecule has 30 heavy (non-hydrogen) atoms. The molecule has 3 rings (SSSR count). The summed E-state index contributed by atoms with van der Waals surface area (Å²) in [5.41, 5.74) is 2.92. The summed E-state index contributed by atoms with van der Waals surface area (Å²) in [5, 5.41) is 19.5. The average Bonchev–Trinajstić information content (AvgIpc) is 2.72. The van der Waals surface area contributed by atoms with Gasteiger partial charge in [-0.15, -0.1) is 0 Å². The molecule has 0 saturated carbocycles. The first kappa shape index (κ1) is 21.1. The molecule has 0 fully saturated rings. The van der Waals surface area contributed by atoms with Crippen LogP contribution in [0.3, 0.4) is 0 Å². The van der Waals surface area contributed by atoms with Crippen molar-refractivity contribution >= 4 is 17.9 Å². The molecule has 1 N–H and O–H groups in total. The standard InChI is InChI=1S/C26H25NO3/c1-18(2)5-4-15-26(3)16-14-22-24(30-26)13-11-21(25(22)29)23(28)12-10-19-6-8-20(17-27)9-7-19/h5-14,16,29H,4,15H2,1-3H3/b12-10+. The topological polar surface area (TPSA) is 70.3 Å². The Hall–Kier alpha value is -3.58. The van der Waals surface area contributed by atoms with E-state index in [1.807, 2.05) is 19.1 Å². The Kier molecular flexibility index (Phi) is 6.23. The number of phenolic OH excluding ortho intramolecular Hbond substituents is 1. The molecule has 0 bridgehead atoms. The van der Waals surface area contributed by atoms with E-state index in [1.54, 1.807) is 42.5 Å². The number of fused-ring (bicyclic) bond motifs is 1. The number of nitrogens with zero attached hydrogens (tertiary/aromatic N) is 1. The van der Waals surface area contributed by atoms with E-state index >= 15 is 0 Å². The number of carbonyl (C=O) groups is 1. The molecule has 4 nitrogen and oxygen atoms in total. The molecule has 1 heterocycles. The predicted octanol–water partition coefficient (Wildman–Crippen LogP) is 6.07. The number of nitriles is 1. The van der Waals surface area contributed by atoms with Crippen LogP contribution in [0.25, 0.3) is 12.2 Å². The van der Waals surface area contributed by atoms with Gasteiger partial charge in [0.05, 0.1) is 22.8 Å². The molecule has 1 atom stereocenters. The summed E-state index contributed by atoms with van der Waals surface area (Å²) in [4.78, 5) is 12.6. The molecule has 0 saturated heterocycles. The van der Waals surface area contributed by atoms with Crippen LogP contribution in [0.1, 0.15) is 60.7 Å². The maximum Gasteiger partial charge on any atom is 0.189 e. The maximum atomic E-state index is 12.6. The maximum absolute atomic E-state index is 12.6. The Labute approximate surface area is 177 Å². The Morgan fingerprint density at radius 2 is 1.93 bits per heavy atom. The van der Waals surface area contributed by atoms with Crippen molar-refractivity contribution in [2.45, 2.75) is 39.2 Å². The van der Waals surface area contributed by atoms with Crippen molar-refractivity contribution in [3.63, 3.8) is 0 Å². The van der Waals surface area contributed by atoms with Crippen molar-refractivity contribution in [1.29, 1.82) is 5.26 Å². The van der Waals surface area contributed by atoms with Crippen molar-refractivity contribution in [1.82, 2.24) is 0 Å². The van der Waals surface area contributed by atoms with E-state index in [0.717, 1.165) is 18.4 Å². The van der Waals surface area contributed by atoms with Gasteiger partial charge in [0, 0.05) is 0 Å². The summed E-state index contributed by atoms with van der Waals surface area (Å²) in [5.74, 6) is 0.192. The Morgan fingerprint density at radius 1 is 1.20 bits per heavy atom. The van der Waals surface area contributed by atoms with Crippen molar-refractivity contribution in [3.05, 3.63) is 82.5 Å². The normalized spacial score (nSPS) is 17.1. The highest BCUT2D eigenvalue weighted by molar-refractivity contribution is 6.09. The fraction of sp³-hybridized carbons (Fsp3) is 0.231. The number of allylic oxidation sites excluding steroid dienone is 3. The minimum absolute atomic E-state index is 0.0791. The average molecular weight is 399 g/mol. The van der Waals surface area contributed by atoms with E-state index in [4.69, 9.17) is 10.00 Å². The van der Waals surface area contributed by atoms with Gasteiger partial charge in [-0.05, 0) is 81.7 Å². The molecule has 0 aromatic heterocycles. The lowest BCUT2D eigenvalue weighted by Gasteiger charge is -2.32. The zero-order valence-corrected chi connectivity index (χ0v) is 17.5. The van der Waals surface area contributed by atoms with E-state index in [0.29, 0.717) is 16.9 Å². The number of hydrogen-bond acceptors (Lipinski definition) is 4. The van der Waals surface area contributed by atoms with Crippen molar-refractivity contribution in [2.24, 2.45) is 0 Å². The molecule has 2 aromatic rings. The Bertz CT molecular complexity index is 1080. The molecule has 1 aliphatic heterocycles. The molecule has 0 spiro atoms. The summed E-state index contributed by atoms with van der Waals surface area (Å²) in [6.07, 6.45) is 10.8. The smallest absolute Gasteiger partial charge is 0.189 e. The molecule has 0 aliphatic carbocycles. The first-order chi connectivity index (χ1) is 14.3. The summed E-state index contributed by atoms with van der Waals surface area (Å²) >= 11 is 0. The summed E-state index contributed by atoms with van der Waals surface area (Å²) < 4.78 is 6.14. The van der Waals surface area contributed by atoms with E-state index in [2.05, 4.69) is 26.0 Å². The third-order valence-corrected chi connectivity index (χ3v) is 5.05. The molecular formula is C26H25NO3. The number of aromatic hydroxyl groups is 1. The van der Waals surface area contributed by atoms with Gasteiger partial charge in [-0.2, -0.15) is 5.26 Å². The second kappa shape index (κ2) is 8.84. The van der Waals surface area contributed by atoms with Gasteiger partial charge in [-0.3, -0.25) is 4.79 Å². The van der Waals surface area contributed by atoms with E-state index in [1.165, 1.54) is 11.6 Å². The summed E-state index contributed by atoms with van der Waals surface area (Å²) in [6.45, 7) is 6.16. The van der Waals surface area contributed by atoms with E-state index in [-0.39, 0.29) is 17.1 Å². The highest BCUT2D eigenvalue weighted by Gasteiger charge is 2.29. The zero-order valence-electron chi connectivity index (χ0n) is 17.5. The first-order valence-electron chi connectivity index (χ1n) is 9.91. The van der Waals surface area contributed by atoms with Gasteiger partial charge in [0.15, 0.2) is 5.78 Å². The minimum Gasteiger partial charge on any atom is -0.506 e. The number of rotatable bonds is 6. The third-order valence-electron chi connectivity index (χ3n) is 5.05. The van der Waals surface area contributed by atoms with Gasteiger partial charge < -0.3 is 9.84 Å². The van der Waals surface area contributed by atoms with Crippen molar-refractivity contribution < 1.29 is 14.6 Å². The fourth-order valence-electron chi connectivity index (χ4n) is 3.30. The molecule has 4 heteroatoms. The Morgan fingerprint density at radius 3 is 2.60 bits per heavy atom. The molecule has 2 aromatic carbocycles. The van der Waals surface area contributed by atoms with Crippen LogP contribution in [-0.2, 0) is 0 Å². The van der Waals surface area contributed by atoms with Crippen LogP contribution in [0.4, 0.5) is 0 Å². The van der Waals surface area contributed by atoms with Gasteiger partial charge in [0.25, 0.3) is 0 Å². The number of hydrogen-bond donors (Lipinski definition) is 1. The number of carbonyl (C=O) groups excluding carboxylic acids is 1. The van der Waals surface area contributed by atoms with Crippen LogP contribution in [0.15, 0.2) is 60.2 Å². The van der Waals surface area contributed by atoms with Gasteiger partial charge in [0.1, 0.15) is 17.1 Å². The second-order valence-corrected chi connectivity index (χ2v) is 7.87. The fourth-order valence-corrected chi connectivity index (χ4v) is 3.30. The molecule has 152 valence electrons. The number of benzene rings is 2. The highest BCUT2D eigenvalue weighted by atomic mass is 16.5. The van der Waals surface area contributed by atoms with Crippen LogP contribution < -0.4 is 4.74 Å². The van der Waals surface area contributed by atoms with Crippen LogP contribution in [0, 0.1) is 11.3 Å². The monoisotopic (exact) mass is 399 g/mol. The highest BCUT2D eigenvalue weighted by Crippen LogP contribution is 2.40. The first-order valence-corrected chi connectivity index (χ1v) is 9.91. The van der Waals surface area contributed by atoms with Crippen LogP contribution in [-0.4, -0.2) is 16.5 Å². The molecule has 0 amide bonds. The predicted molar refractivity (Wildman–Crippen MR) is 119 cm³/mol. The minimum atomic E-state index is -0.452. The lowest BCUT2D eigenvalue weighted by atomic mass is 9.93. The van der Waals surface area contributed by atoms with Crippen molar-refractivity contribution in [2.75, 3.05) is 0 Å². The van der Waals surface area contributed by atoms with E-state index < -0.39 is 5.60 Å². The van der Waals surface area contributed by atoms with Crippen molar-refractivity contribution in [3.8, 4) is 17.6 Å². The van der Waals surface area contributed by atoms with Gasteiger partial charge in [-0.1, -0.05) is 29.9 Å². The quantitative estimate of drug-likeness (QED) is 0.363. The van der Waals surface area contributed by atoms with E-state index in [9.17, 15) is 9.90 Å². The number of ether oxygens (including phenoxy) is 1. The number of phenols is 1. The number of ketones is 1. The second-order valence-electron chi connectivity index (χ2n) is 7.87. The third kappa shape index (κ3) is 4.87. The Balaban J connectivity index is 1.77. The SMILES string of the molecule is CC(C)=CCCC1(C)C=Cc2c(ccc(C(=O)/C=C/c3ccc(C#N)cc3)c2O)O1. The molecule has 1 unspecified atom stereocenters. The zero-order chi connectivity index (χ0) is 21.7. The van der Waals surface area contributed by atoms with Crippen LogP contribution in [0.2, 0.25) is 0 Å². The lowest BCUT2D eigenvalue weighted by molar-refractivity contribution is 0.104. The summed E-state index contributed by atoms with van der Waals surface area (Å²) in [6, 6.07) is 12.3. The molecular weight excluding hydrogens is 374 g/mol. The van der Waals surface area contributed by atoms with Gasteiger partial charge >= 0.3 is 0 Å². The van der Waals surface area contributed by atoms with Gasteiger partial charge in [0.2, 0.25) is 0 Å². The van der Waals surface area contributed by atoms with Crippen LogP contribution in [0.5, 0.6) is 11.5 Å². The van der Waals surface area contributed by atoms with Gasteiger partial charge in [-0.25, -0.2) is 0 Å². The summed E-state index contributed by atoms with van der Waals surface area (Å²) in [7, 11) is 0. The largest absolute Gasteiger partial charge is 0.506 e. The molecule has 1 aliphatic rings.